The third kappa shape index (κ3) is 3.90. The van der Waals surface area contributed by atoms with E-state index in [0.29, 0.717) is 11.4 Å². The molecule has 1 rings (SSSR count). The van der Waals surface area contributed by atoms with Crippen LogP contribution in [-0.4, -0.2) is 18.2 Å². The van der Waals surface area contributed by atoms with Crippen molar-refractivity contribution in [2.45, 2.75) is 38.3 Å². The van der Waals surface area contributed by atoms with Gasteiger partial charge in [0.1, 0.15) is 5.54 Å². The molecule has 0 heterocycles. The quantitative estimate of drug-likeness (QED) is 0.880. The van der Waals surface area contributed by atoms with Gasteiger partial charge in [-0.2, -0.15) is 5.26 Å². The van der Waals surface area contributed by atoms with Crippen molar-refractivity contribution in [2.75, 3.05) is 12.4 Å². The summed E-state index contributed by atoms with van der Waals surface area (Å²) in [6.07, 6.45) is 0.554. The van der Waals surface area contributed by atoms with E-state index in [9.17, 15) is 5.26 Å². The molecule has 1 unspecified atom stereocenters. The highest BCUT2D eigenvalue weighted by molar-refractivity contribution is 6.33. The minimum atomic E-state index is -0.732. The lowest BCUT2D eigenvalue weighted by Crippen LogP contribution is -2.41. The summed E-state index contributed by atoms with van der Waals surface area (Å²) in [6, 6.07) is 9.69. The summed E-state index contributed by atoms with van der Waals surface area (Å²) in [6.45, 7) is 5.75. The number of anilines is 1. The van der Waals surface area contributed by atoms with Crippen LogP contribution in [0.2, 0.25) is 5.02 Å². The van der Waals surface area contributed by atoms with Crippen LogP contribution in [0.3, 0.4) is 0 Å². The Hall–Kier alpha value is -1.24. The monoisotopic (exact) mass is 266 g/mol. The lowest BCUT2D eigenvalue weighted by atomic mass is 9.88. The van der Waals surface area contributed by atoms with Crippen LogP contribution in [0.25, 0.3) is 0 Å². The van der Waals surface area contributed by atoms with Crippen LogP contribution < -0.4 is 5.32 Å². The molecule has 0 spiro atoms. The van der Waals surface area contributed by atoms with Crippen LogP contribution in [0, 0.1) is 11.3 Å². The number of nitrogens with zero attached hydrogens (tertiary/aromatic N) is 1. The summed E-state index contributed by atoms with van der Waals surface area (Å²) in [5, 5.41) is 13.2. The molecule has 4 heteroatoms. The van der Waals surface area contributed by atoms with Crippen LogP contribution in [0.1, 0.15) is 27.2 Å². The lowest BCUT2D eigenvalue weighted by Gasteiger charge is -2.33. The van der Waals surface area contributed by atoms with E-state index in [1.807, 2.05) is 39.0 Å². The molecule has 0 bridgehead atoms. The van der Waals surface area contributed by atoms with E-state index < -0.39 is 5.54 Å². The minimum Gasteiger partial charge on any atom is -0.379 e. The van der Waals surface area contributed by atoms with Gasteiger partial charge in [0.2, 0.25) is 0 Å². The van der Waals surface area contributed by atoms with E-state index in [2.05, 4.69) is 11.4 Å². The van der Waals surface area contributed by atoms with Gasteiger partial charge in [-0.05, 0) is 32.9 Å². The molecule has 0 saturated carbocycles. The Balaban J connectivity index is 2.91. The normalized spacial score (nSPS) is 14.7. The second-order valence-electron chi connectivity index (χ2n) is 5.19. The Bertz CT molecular complexity index is 453. The fourth-order valence-electron chi connectivity index (χ4n) is 1.90. The molecule has 0 fully saturated rings. The SMILES string of the molecule is COC(C)(C)CC(C)(C#N)Nc1ccccc1Cl. The summed E-state index contributed by atoms with van der Waals surface area (Å²) >= 11 is 6.09. The number of hydrogen-bond acceptors (Lipinski definition) is 3. The summed E-state index contributed by atoms with van der Waals surface area (Å²) in [4.78, 5) is 0. The van der Waals surface area contributed by atoms with Crippen molar-refractivity contribution in [3.05, 3.63) is 29.3 Å². The van der Waals surface area contributed by atoms with Gasteiger partial charge in [0.15, 0.2) is 0 Å². The highest BCUT2D eigenvalue weighted by atomic mass is 35.5. The number of hydrogen-bond donors (Lipinski definition) is 1. The van der Waals surface area contributed by atoms with Gasteiger partial charge < -0.3 is 10.1 Å². The molecule has 0 saturated heterocycles. The molecule has 1 aromatic rings. The topological polar surface area (TPSA) is 45.0 Å². The number of benzene rings is 1. The van der Waals surface area contributed by atoms with Crippen LogP contribution in [0.4, 0.5) is 5.69 Å². The number of methoxy groups -OCH3 is 1. The van der Waals surface area contributed by atoms with Gasteiger partial charge in [-0.25, -0.2) is 0 Å². The zero-order chi connectivity index (χ0) is 13.8. The number of nitriles is 1. The number of ether oxygens (including phenoxy) is 1. The van der Waals surface area contributed by atoms with Crippen LogP contribution in [-0.2, 0) is 4.74 Å². The number of rotatable bonds is 5. The third-order valence-electron chi connectivity index (χ3n) is 2.86. The maximum absolute atomic E-state index is 9.39. The highest BCUT2D eigenvalue weighted by Crippen LogP contribution is 2.29. The first-order chi connectivity index (χ1) is 8.32. The molecular weight excluding hydrogens is 248 g/mol. The maximum Gasteiger partial charge on any atom is 0.125 e. The van der Waals surface area contributed by atoms with Crippen molar-refractivity contribution in [1.29, 1.82) is 5.26 Å². The van der Waals surface area contributed by atoms with Crippen molar-refractivity contribution in [2.24, 2.45) is 0 Å². The van der Waals surface area contributed by atoms with Gasteiger partial charge in [0.05, 0.1) is 22.4 Å². The van der Waals surface area contributed by atoms with E-state index in [-0.39, 0.29) is 5.60 Å². The van der Waals surface area contributed by atoms with Crippen molar-refractivity contribution < 1.29 is 4.74 Å². The van der Waals surface area contributed by atoms with Crippen molar-refractivity contribution >= 4 is 17.3 Å². The average molecular weight is 267 g/mol. The van der Waals surface area contributed by atoms with Crippen molar-refractivity contribution in [3.8, 4) is 6.07 Å². The zero-order valence-electron chi connectivity index (χ0n) is 11.2. The summed E-state index contributed by atoms with van der Waals surface area (Å²) in [7, 11) is 1.65. The fraction of sp³-hybridized carbons (Fsp3) is 0.500. The van der Waals surface area contributed by atoms with Crippen molar-refractivity contribution in [1.82, 2.24) is 0 Å². The molecule has 0 aliphatic carbocycles. The molecular formula is C14H19ClN2O. The Labute approximate surface area is 114 Å². The second kappa shape index (κ2) is 5.60. The Morgan fingerprint density at radius 1 is 1.33 bits per heavy atom. The predicted molar refractivity (Wildman–Crippen MR) is 74.8 cm³/mol. The minimum absolute atomic E-state index is 0.376. The standard InChI is InChI=1S/C14H19ClN2O/c1-13(2,18-4)9-14(3,10-16)17-12-8-6-5-7-11(12)15/h5-8,17H,9H2,1-4H3. The smallest absolute Gasteiger partial charge is 0.125 e. The molecule has 0 aromatic heterocycles. The molecule has 0 amide bonds. The molecule has 3 nitrogen and oxygen atoms in total. The predicted octanol–water partition coefficient (Wildman–Crippen LogP) is 3.85. The first-order valence-corrected chi connectivity index (χ1v) is 6.19. The molecule has 1 aromatic carbocycles. The molecule has 1 N–H and O–H groups in total. The van der Waals surface area contributed by atoms with Crippen LogP contribution in [0.15, 0.2) is 24.3 Å². The van der Waals surface area contributed by atoms with E-state index >= 15 is 0 Å². The Kier molecular flexibility index (Phi) is 4.61. The van der Waals surface area contributed by atoms with Crippen molar-refractivity contribution in [3.63, 3.8) is 0 Å². The Morgan fingerprint density at radius 3 is 2.44 bits per heavy atom. The van der Waals surface area contributed by atoms with Gasteiger partial charge in [-0.1, -0.05) is 23.7 Å². The van der Waals surface area contributed by atoms with Crippen LogP contribution >= 0.6 is 11.6 Å². The van der Waals surface area contributed by atoms with E-state index in [1.54, 1.807) is 13.2 Å². The second-order valence-corrected chi connectivity index (χ2v) is 5.60. The Morgan fingerprint density at radius 2 is 1.94 bits per heavy atom. The molecule has 0 aliphatic heterocycles. The summed E-state index contributed by atoms with van der Waals surface area (Å²) < 4.78 is 5.38. The molecule has 1 atom stereocenters. The lowest BCUT2D eigenvalue weighted by molar-refractivity contribution is 0.00725. The molecule has 0 aliphatic rings. The highest BCUT2D eigenvalue weighted by Gasteiger charge is 2.33. The van der Waals surface area contributed by atoms with Gasteiger partial charge in [0, 0.05) is 13.5 Å². The third-order valence-corrected chi connectivity index (χ3v) is 3.19. The average Bonchev–Trinajstić information content (AvgIpc) is 2.32. The van der Waals surface area contributed by atoms with Gasteiger partial charge in [0.25, 0.3) is 0 Å². The first-order valence-electron chi connectivity index (χ1n) is 5.81. The maximum atomic E-state index is 9.39. The van der Waals surface area contributed by atoms with E-state index in [4.69, 9.17) is 16.3 Å². The van der Waals surface area contributed by atoms with Crippen LogP contribution in [0.5, 0.6) is 0 Å². The number of para-hydroxylation sites is 1. The zero-order valence-corrected chi connectivity index (χ0v) is 12.0. The molecule has 18 heavy (non-hydrogen) atoms. The number of nitrogens with one attached hydrogen (secondary N) is 1. The fourth-order valence-corrected chi connectivity index (χ4v) is 2.08. The van der Waals surface area contributed by atoms with E-state index in [1.165, 1.54) is 0 Å². The molecule has 0 radical (unpaired) electrons. The summed E-state index contributed by atoms with van der Waals surface area (Å²) in [5.41, 5.74) is -0.349. The van der Waals surface area contributed by atoms with Gasteiger partial charge in [-0.3, -0.25) is 0 Å². The number of halogens is 1. The van der Waals surface area contributed by atoms with E-state index in [0.717, 1.165) is 5.69 Å². The van der Waals surface area contributed by atoms with Gasteiger partial charge >= 0.3 is 0 Å². The molecule has 98 valence electrons. The van der Waals surface area contributed by atoms with Gasteiger partial charge in [-0.15, -0.1) is 0 Å². The largest absolute Gasteiger partial charge is 0.379 e. The first kappa shape index (κ1) is 14.8. The summed E-state index contributed by atoms with van der Waals surface area (Å²) in [5.74, 6) is 0.